The molecule has 0 amide bonds. The first-order valence-electron chi connectivity index (χ1n) is 7.61. The summed E-state index contributed by atoms with van der Waals surface area (Å²) in [4.78, 5) is 2.57. The van der Waals surface area contributed by atoms with E-state index in [1.165, 1.54) is 24.9 Å². The average molecular weight is 262 g/mol. The Kier molecular flexibility index (Phi) is 7.76. The van der Waals surface area contributed by atoms with E-state index in [-0.39, 0.29) is 0 Å². The molecule has 19 heavy (non-hydrogen) atoms. The van der Waals surface area contributed by atoms with Crippen molar-refractivity contribution in [3.8, 4) is 0 Å². The van der Waals surface area contributed by atoms with Gasteiger partial charge in [0.05, 0.1) is 0 Å². The summed E-state index contributed by atoms with van der Waals surface area (Å²) in [5, 5.41) is 3.52. The minimum Gasteiger partial charge on any atom is -0.313 e. The second-order valence-electron chi connectivity index (χ2n) is 5.79. The topological polar surface area (TPSA) is 15.3 Å². The number of hydrogen-bond donors (Lipinski definition) is 1. The van der Waals surface area contributed by atoms with Crippen LogP contribution in [0.2, 0.25) is 0 Å². The maximum atomic E-state index is 3.52. The number of rotatable bonds is 9. The van der Waals surface area contributed by atoms with Crippen LogP contribution in [0.25, 0.3) is 0 Å². The lowest BCUT2D eigenvalue weighted by Gasteiger charge is -2.30. The van der Waals surface area contributed by atoms with Crippen LogP contribution >= 0.6 is 0 Å². The molecule has 108 valence electrons. The van der Waals surface area contributed by atoms with Gasteiger partial charge in [0.15, 0.2) is 0 Å². The molecule has 0 saturated carbocycles. The lowest BCUT2D eigenvalue weighted by Crippen LogP contribution is -2.37. The maximum Gasteiger partial charge on any atom is 0.0205 e. The summed E-state index contributed by atoms with van der Waals surface area (Å²) in [7, 11) is 0. The molecule has 0 atom stereocenters. The van der Waals surface area contributed by atoms with Gasteiger partial charge in [0.25, 0.3) is 0 Å². The van der Waals surface area contributed by atoms with Crippen LogP contribution in [0.1, 0.15) is 46.1 Å². The van der Waals surface area contributed by atoms with E-state index in [0.717, 1.165) is 13.1 Å². The predicted octanol–water partition coefficient (Wildman–Crippen LogP) is 3.68. The zero-order valence-electron chi connectivity index (χ0n) is 13.0. The molecule has 0 aliphatic heterocycles. The first-order chi connectivity index (χ1) is 9.11. The van der Waals surface area contributed by atoms with Crippen molar-refractivity contribution >= 4 is 0 Å². The van der Waals surface area contributed by atoms with E-state index in [4.69, 9.17) is 0 Å². The van der Waals surface area contributed by atoms with Crippen LogP contribution in [0.5, 0.6) is 0 Å². The van der Waals surface area contributed by atoms with Crippen LogP contribution in [-0.2, 0) is 6.54 Å². The number of nitrogens with zero attached hydrogens (tertiary/aromatic N) is 1. The van der Waals surface area contributed by atoms with Gasteiger partial charge in [0, 0.05) is 18.6 Å². The molecular weight excluding hydrogens is 232 g/mol. The van der Waals surface area contributed by atoms with E-state index >= 15 is 0 Å². The Bertz CT molecular complexity index is 311. The molecule has 0 saturated heterocycles. The van der Waals surface area contributed by atoms with Crippen molar-refractivity contribution in [3.63, 3.8) is 0 Å². The lowest BCUT2D eigenvalue weighted by molar-refractivity contribution is 0.171. The van der Waals surface area contributed by atoms with Crippen molar-refractivity contribution in [1.29, 1.82) is 0 Å². The standard InChI is InChI=1S/C17H30N2/c1-15(2)19(16(3)4)13-9-8-12-18-14-17-10-6-5-7-11-17/h5-7,10-11,15-16,18H,8-9,12-14H2,1-4H3. The Labute approximate surface area is 119 Å². The molecule has 0 unspecified atom stereocenters. The quantitative estimate of drug-likeness (QED) is 0.683. The van der Waals surface area contributed by atoms with E-state index in [1.807, 2.05) is 0 Å². The third-order valence-electron chi connectivity index (χ3n) is 3.52. The Hall–Kier alpha value is -0.860. The van der Waals surface area contributed by atoms with Crippen LogP contribution in [0.4, 0.5) is 0 Å². The fourth-order valence-electron chi connectivity index (χ4n) is 2.49. The van der Waals surface area contributed by atoms with Crippen molar-refractivity contribution in [3.05, 3.63) is 35.9 Å². The molecular formula is C17H30N2. The van der Waals surface area contributed by atoms with Gasteiger partial charge in [-0.25, -0.2) is 0 Å². The van der Waals surface area contributed by atoms with Crippen LogP contribution in [0.15, 0.2) is 30.3 Å². The summed E-state index contributed by atoms with van der Waals surface area (Å²) in [6, 6.07) is 11.9. The van der Waals surface area contributed by atoms with Crippen molar-refractivity contribution in [1.82, 2.24) is 10.2 Å². The van der Waals surface area contributed by atoms with Crippen molar-refractivity contribution in [2.24, 2.45) is 0 Å². The van der Waals surface area contributed by atoms with Gasteiger partial charge in [-0.05, 0) is 59.2 Å². The molecule has 0 bridgehead atoms. The zero-order chi connectivity index (χ0) is 14.1. The van der Waals surface area contributed by atoms with Gasteiger partial charge in [-0.15, -0.1) is 0 Å². The van der Waals surface area contributed by atoms with Crippen molar-refractivity contribution in [2.45, 2.75) is 59.2 Å². The molecule has 0 heterocycles. The molecule has 1 aromatic carbocycles. The minimum atomic E-state index is 0.650. The molecule has 2 heteroatoms. The van der Waals surface area contributed by atoms with Crippen molar-refractivity contribution < 1.29 is 0 Å². The van der Waals surface area contributed by atoms with E-state index in [2.05, 4.69) is 68.2 Å². The molecule has 2 nitrogen and oxygen atoms in total. The number of benzene rings is 1. The number of unbranched alkanes of at least 4 members (excludes halogenated alkanes) is 1. The van der Waals surface area contributed by atoms with Crippen LogP contribution < -0.4 is 5.32 Å². The molecule has 0 spiro atoms. The van der Waals surface area contributed by atoms with E-state index in [1.54, 1.807) is 0 Å². The van der Waals surface area contributed by atoms with Crippen LogP contribution in [0.3, 0.4) is 0 Å². The van der Waals surface area contributed by atoms with Crippen LogP contribution in [0, 0.1) is 0 Å². The molecule has 0 aliphatic carbocycles. The Morgan fingerprint density at radius 2 is 1.58 bits per heavy atom. The molecule has 0 radical (unpaired) electrons. The van der Waals surface area contributed by atoms with Gasteiger partial charge >= 0.3 is 0 Å². The van der Waals surface area contributed by atoms with Gasteiger partial charge in [-0.3, -0.25) is 4.90 Å². The fraction of sp³-hybridized carbons (Fsp3) is 0.647. The second kappa shape index (κ2) is 9.11. The monoisotopic (exact) mass is 262 g/mol. The second-order valence-corrected chi connectivity index (χ2v) is 5.79. The lowest BCUT2D eigenvalue weighted by atomic mass is 10.2. The number of nitrogens with one attached hydrogen (secondary N) is 1. The highest BCUT2D eigenvalue weighted by atomic mass is 15.2. The van der Waals surface area contributed by atoms with Crippen molar-refractivity contribution in [2.75, 3.05) is 13.1 Å². The summed E-state index contributed by atoms with van der Waals surface area (Å²) in [5.74, 6) is 0. The predicted molar refractivity (Wildman–Crippen MR) is 84.4 cm³/mol. The fourth-order valence-corrected chi connectivity index (χ4v) is 2.49. The van der Waals surface area contributed by atoms with E-state index in [9.17, 15) is 0 Å². The highest BCUT2D eigenvalue weighted by Crippen LogP contribution is 2.06. The minimum absolute atomic E-state index is 0.650. The molecule has 1 rings (SSSR count). The van der Waals surface area contributed by atoms with Crippen LogP contribution in [-0.4, -0.2) is 30.1 Å². The Balaban J connectivity index is 2.08. The molecule has 0 aliphatic rings. The van der Waals surface area contributed by atoms with Gasteiger partial charge < -0.3 is 5.32 Å². The van der Waals surface area contributed by atoms with Gasteiger partial charge in [0.2, 0.25) is 0 Å². The van der Waals surface area contributed by atoms with Gasteiger partial charge in [-0.2, -0.15) is 0 Å². The van der Waals surface area contributed by atoms with Gasteiger partial charge in [0.1, 0.15) is 0 Å². The normalized spacial score (nSPS) is 11.7. The summed E-state index contributed by atoms with van der Waals surface area (Å²) in [5.41, 5.74) is 1.37. The molecule has 0 aromatic heterocycles. The maximum absolute atomic E-state index is 3.52. The summed E-state index contributed by atoms with van der Waals surface area (Å²) < 4.78 is 0. The van der Waals surface area contributed by atoms with Gasteiger partial charge in [-0.1, -0.05) is 30.3 Å². The van der Waals surface area contributed by atoms with E-state index in [0.29, 0.717) is 12.1 Å². The Morgan fingerprint density at radius 3 is 2.16 bits per heavy atom. The Morgan fingerprint density at radius 1 is 0.947 bits per heavy atom. The first-order valence-corrected chi connectivity index (χ1v) is 7.61. The molecule has 1 aromatic rings. The third kappa shape index (κ3) is 6.74. The SMILES string of the molecule is CC(C)N(CCCCNCc1ccccc1)C(C)C. The zero-order valence-corrected chi connectivity index (χ0v) is 13.0. The highest BCUT2D eigenvalue weighted by Gasteiger charge is 2.11. The molecule has 0 fully saturated rings. The first kappa shape index (κ1) is 16.2. The number of hydrogen-bond acceptors (Lipinski definition) is 2. The summed E-state index contributed by atoms with van der Waals surface area (Å²) >= 11 is 0. The van der Waals surface area contributed by atoms with E-state index < -0.39 is 0 Å². The third-order valence-corrected chi connectivity index (χ3v) is 3.52. The smallest absolute Gasteiger partial charge is 0.0205 e. The highest BCUT2D eigenvalue weighted by molar-refractivity contribution is 5.14. The average Bonchev–Trinajstić information content (AvgIpc) is 2.38. The largest absolute Gasteiger partial charge is 0.313 e. The molecule has 1 N–H and O–H groups in total. The summed E-state index contributed by atoms with van der Waals surface area (Å²) in [6.45, 7) is 12.4. The summed E-state index contributed by atoms with van der Waals surface area (Å²) in [6.07, 6.45) is 2.53.